The van der Waals surface area contributed by atoms with Gasteiger partial charge in [0.05, 0.1) is 18.5 Å². The van der Waals surface area contributed by atoms with Crippen LogP contribution in [0.5, 0.6) is 5.75 Å². The van der Waals surface area contributed by atoms with Crippen molar-refractivity contribution in [2.24, 2.45) is 0 Å². The second-order valence-corrected chi connectivity index (χ2v) is 8.14. The molecular weight excluding hydrogens is 388 g/mol. The van der Waals surface area contributed by atoms with Crippen LogP contribution in [-0.4, -0.2) is 20.7 Å². The van der Waals surface area contributed by atoms with Gasteiger partial charge < -0.3 is 9.26 Å². The van der Waals surface area contributed by atoms with Gasteiger partial charge in [-0.2, -0.15) is 0 Å². The summed E-state index contributed by atoms with van der Waals surface area (Å²) in [6.07, 6.45) is 0. The lowest BCUT2D eigenvalue weighted by molar-refractivity contribution is 0.393. The van der Waals surface area contributed by atoms with Gasteiger partial charge in [0.25, 0.3) is 10.0 Å². The molecule has 1 aromatic heterocycles. The molecule has 142 valence electrons. The summed E-state index contributed by atoms with van der Waals surface area (Å²) in [6, 6.07) is 9.98. The van der Waals surface area contributed by atoms with Crippen molar-refractivity contribution in [1.82, 2.24) is 5.16 Å². The van der Waals surface area contributed by atoms with Gasteiger partial charge in [0.15, 0.2) is 0 Å². The molecule has 0 amide bonds. The molecule has 0 aliphatic heterocycles. The van der Waals surface area contributed by atoms with Crippen molar-refractivity contribution in [3.05, 3.63) is 58.4 Å². The van der Waals surface area contributed by atoms with Crippen molar-refractivity contribution < 1.29 is 17.7 Å². The summed E-state index contributed by atoms with van der Waals surface area (Å²) < 4.78 is 39.2. The van der Waals surface area contributed by atoms with Crippen molar-refractivity contribution >= 4 is 27.3 Å². The van der Waals surface area contributed by atoms with Gasteiger partial charge in [0, 0.05) is 10.6 Å². The molecule has 0 saturated carbocycles. The number of anilines is 1. The SMILES string of the molecule is COc1ccc(-c2c(C)noc2C)cc1S(=O)(=O)Nc1cccc(Cl)c1C. The number of methoxy groups -OCH3 is 1. The summed E-state index contributed by atoms with van der Waals surface area (Å²) in [5.41, 5.74) is 3.17. The van der Waals surface area contributed by atoms with E-state index < -0.39 is 10.0 Å². The minimum Gasteiger partial charge on any atom is -0.495 e. The number of rotatable bonds is 5. The highest BCUT2D eigenvalue weighted by molar-refractivity contribution is 7.92. The predicted molar refractivity (Wildman–Crippen MR) is 105 cm³/mol. The quantitative estimate of drug-likeness (QED) is 0.662. The largest absolute Gasteiger partial charge is 0.495 e. The van der Waals surface area contributed by atoms with E-state index in [9.17, 15) is 8.42 Å². The van der Waals surface area contributed by atoms with Crippen molar-refractivity contribution in [2.45, 2.75) is 25.7 Å². The summed E-state index contributed by atoms with van der Waals surface area (Å²) in [5.74, 6) is 0.845. The van der Waals surface area contributed by atoms with Crippen molar-refractivity contribution in [3.63, 3.8) is 0 Å². The predicted octanol–water partition coefficient (Wildman–Crippen LogP) is 4.73. The van der Waals surface area contributed by atoms with Gasteiger partial charge in [-0.15, -0.1) is 0 Å². The summed E-state index contributed by atoms with van der Waals surface area (Å²) in [6.45, 7) is 5.33. The number of aryl methyl sites for hydroxylation is 2. The first-order chi connectivity index (χ1) is 12.7. The summed E-state index contributed by atoms with van der Waals surface area (Å²) in [5, 5.41) is 4.41. The molecule has 6 nitrogen and oxygen atoms in total. The molecule has 0 bridgehead atoms. The molecule has 0 aliphatic carbocycles. The van der Waals surface area contributed by atoms with Crippen LogP contribution in [0.1, 0.15) is 17.0 Å². The molecule has 0 fully saturated rings. The molecule has 3 aromatic rings. The highest BCUT2D eigenvalue weighted by Gasteiger charge is 2.23. The van der Waals surface area contributed by atoms with Crippen LogP contribution >= 0.6 is 11.6 Å². The van der Waals surface area contributed by atoms with Crippen LogP contribution in [0.3, 0.4) is 0 Å². The van der Waals surface area contributed by atoms with Gasteiger partial charge in [0.1, 0.15) is 16.4 Å². The van der Waals surface area contributed by atoms with Crippen molar-refractivity contribution in [3.8, 4) is 16.9 Å². The Morgan fingerprint density at radius 2 is 1.89 bits per heavy atom. The zero-order valence-corrected chi connectivity index (χ0v) is 16.9. The lowest BCUT2D eigenvalue weighted by Gasteiger charge is -2.15. The third-order valence-electron chi connectivity index (χ3n) is 4.29. The monoisotopic (exact) mass is 406 g/mol. The number of nitrogens with one attached hydrogen (secondary N) is 1. The third kappa shape index (κ3) is 3.65. The fourth-order valence-corrected chi connectivity index (χ4v) is 4.35. The Morgan fingerprint density at radius 1 is 1.15 bits per heavy atom. The fourth-order valence-electron chi connectivity index (χ4n) is 2.86. The number of hydrogen-bond acceptors (Lipinski definition) is 5. The molecule has 1 N–H and O–H groups in total. The van der Waals surface area contributed by atoms with Gasteiger partial charge in [0.2, 0.25) is 0 Å². The zero-order valence-electron chi connectivity index (χ0n) is 15.3. The Labute approximate surface area is 163 Å². The van der Waals surface area contributed by atoms with Crippen LogP contribution in [0.4, 0.5) is 5.69 Å². The number of sulfonamides is 1. The average molecular weight is 407 g/mol. The first-order valence-corrected chi connectivity index (χ1v) is 10.00. The maximum Gasteiger partial charge on any atom is 0.265 e. The Kier molecular flexibility index (Phi) is 5.17. The standard InChI is InChI=1S/C19H19ClN2O4S/c1-11-15(20)6-5-7-16(11)22-27(23,24)18-10-14(8-9-17(18)25-4)19-12(2)21-26-13(19)3/h5-10,22H,1-4H3. The van der Waals surface area contributed by atoms with Crippen LogP contribution in [0.15, 0.2) is 45.8 Å². The van der Waals surface area contributed by atoms with Crippen LogP contribution in [-0.2, 0) is 10.0 Å². The van der Waals surface area contributed by atoms with E-state index in [4.69, 9.17) is 20.9 Å². The number of ether oxygens (including phenoxy) is 1. The smallest absolute Gasteiger partial charge is 0.265 e. The molecule has 8 heteroatoms. The van der Waals surface area contributed by atoms with Gasteiger partial charge in [-0.3, -0.25) is 4.72 Å². The highest BCUT2D eigenvalue weighted by Crippen LogP contribution is 2.34. The molecule has 0 aliphatic rings. The average Bonchev–Trinajstić information content (AvgIpc) is 2.97. The molecule has 0 spiro atoms. The number of hydrogen-bond donors (Lipinski definition) is 1. The highest BCUT2D eigenvalue weighted by atomic mass is 35.5. The first-order valence-electron chi connectivity index (χ1n) is 8.14. The zero-order chi connectivity index (χ0) is 19.8. The van der Waals surface area contributed by atoms with E-state index in [0.717, 1.165) is 5.56 Å². The fraction of sp³-hybridized carbons (Fsp3) is 0.211. The topological polar surface area (TPSA) is 81.4 Å². The van der Waals surface area contributed by atoms with E-state index >= 15 is 0 Å². The molecule has 27 heavy (non-hydrogen) atoms. The summed E-state index contributed by atoms with van der Waals surface area (Å²) in [7, 11) is -2.49. The lowest BCUT2D eigenvalue weighted by Crippen LogP contribution is -2.15. The number of aromatic nitrogens is 1. The second kappa shape index (κ2) is 7.25. The van der Waals surface area contributed by atoms with E-state index in [1.165, 1.54) is 7.11 Å². The first kappa shape index (κ1) is 19.3. The molecule has 0 radical (unpaired) electrons. The normalized spacial score (nSPS) is 11.4. The van der Waals surface area contributed by atoms with Gasteiger partial charge in [-0.05, 0) is 56.2 Å². The molecule has 1 heterocycles. The van der Waals surface area contributed by atoms with Crippen LogP contribution in [0.25, 0.3) is 11.1 Å². The Hall–Kier alpha value is -2.51. The van der Waals surface area contributed by atoms with E-state index in [2.05, 4.69) is 9.88 Å². The number of halogens is 1. The second-order valence-electron chi connectivity index (χ2n) is 6.08. The van der Waals surface area contributed by atoms with Gasteiger partial charge in [-0.25, -0.2) is 8.42 Å². The Bertz CT molecular complexity index is 1090. The van der Waals surface area contributed by atoms with Gasteiger partial charge >= 0.3 is 0 Å². The van der Waals surface area contributed by atoms with Crippen LogP contribution in [0.2, 0.25) is 5.02 Å². The molecule has 3 rings (SSSR count). The van der Waals surface area contributed by atoms with E-state index in [1.54, 1.807) is 57.2 Å². The third-order valence-corrected chi connectivity index (χ3v) is 6.08. The van der Waals surface area contributed by atoms with Crippen molar-refractivity contribution in [1.29, 1.82) is 0 Å². The maximum atomic E-state index is 13.1. The number of nitrogens with zero attached hydrogens (tertiary/aromatic N) is 1. The Morgan fingerprint density at radius 3 is 2.52 bits per heavy atom. The van der Waals surface area contributed by atoms with E-state index in [0.29, 0.717) is 33.3 Å². The summed E-state index contributed by atoms with van der Waals surface area (Å²) in [4.78, 5) is 0.0156. The summed E-state index contributed by atoms with van der Waals surface area (Å²) >= 11 is 6.10. The minimum absolute atomic E-state index is 0.0156. The molecule has 2 aromatic carbocycles. The lowest BCUT2D eigenvalue weighted by atomic mass is 10.0. The van der Waals surface area contributed by atoms with E-state index in [1.807, 2.05) is 0 Å². The van der Waals surface area contributed by atoms with Crippen molar-refractivity contribution in [2.75, 3.05) is 11.8 Å². The Balaban J connectivity index is 2.11. The molecular formula is C19H19ClN2O4S. The van der Waals surface area contributed by atoms with Crippen LogP contribution in [0, 0.1) is 20.8 Å². The number of benzene rings is 2. The molecule has 0 unspecified atom stereocenters. The van der Waals surface area contributed by atoms with Crippen LogP contribution < -0.4 is 9.46 Å². The minimum atomic E-state index is -3.92. The van der Waals surface area contributed by atoms with E-state index in [-0.39, 0.29) is 10.6 Å². The molecule has 0 saturated heterocycles. The molecule has 0 atom stereocenters. The van der Waals surface area contributed by atoms with Gasteiger partial charge in [-0.1, -0.05) is 28.9 Å². The maximum absolute atomic E-state index is 13.1.